The lowest BCUT2D eigenvalue weighted by atomic mass is 10.0. The number of benzene rings is 3. The number of imidazole rings is 1. The Balaban J connectivity index is 1.37. The largest absolute Gasteiger partial charge is 0.497 e. The van der Waals surface area contributed by atoms with Gasteiger partial charge in [0.1, 0.15) is 29.4 Å². The van der Waals surface area contributed by atoms with Crippen LogP contribution in [0.1, 0.15) is 15.9 Å². The first-order valence-corrected chi connectivity index (χ1v) is 12.9. The fourth-order valence-electron chi connectivity index (χ4n) is 4.37. The number of hydrogen-bond donors (Lipinski definition) is 1. The molecule has 0 saturated carbocycles. The molecule has 3 aromatic carbocycles. The zero-order valence-corrected chi connectivity index (χ0v) is 22.2. The van der Waals surface area contributed by atoms with Crippen LogP contribution < -0.4 is 19.5 Å². The number of nitrogens with one attached hydrogen (secondary N) is 1. The van der Waals surface area contributed by atoms with Gasteiger partial charge in [-0.05, 0) is 47.2 Å². The Bertz CT molecular complexity index is 1770. The smallest absolute Gasteiger partial charge is 0.294 e. The molecule has 0 atom stereocenters. The van der Waals surface area contributed by atoms with Crippen LogP contribution in [0.3, 0.4) is 0 Å². The summed E-state index contributed by atoms with van der Waals surface area (Å²) in [6, 6.07) is 21.1. The molecule has 0 aliphatic carbocycles. The molecule has 9 nitrogen and oxygen atoms in total. The highest BCUT2D eigenvalue weighted by Gasteiger charge is 2.18. The minimum atomic E-state index is -0.185. The van der Waals surface area contributed by atoms with Gasteiger partial charge in [-0.25, -0.2) is 9.50 Å². The number of fused-ring (bicyclic) bond motifs is 2. The van der Waals surface area contributed by atoms with Crippen LogP contribution in [0.4, 0.5) is 0 Å². The molecule has 1 amide bonds. The molecule has 196 valence electrons. The summed E-state index contributed by atoms with van der Waals surface area (Å²) in [6.45, 7) is 0.223. The standard InChI is InChI=1S/C29H24N4O5S/c1-30-27(34)18-9-10-21(17-7-5-4-6-8-17)24(12-18)37-16-19-11-20(35-2)13-25-22(19)14-26(38-25)23-15-33-28(31-23)39-29(32-33)36-3/h4-15H,16H2,1-3H3,(H,30,34). The number of furan rings is 1. The molecule has 0 unspecified atom stereocenters. The van der Waals surface area contributed by atoms with Crippen molar-refractivity contribution in [2.75, 3.05) is 21.3 Å². The SMILES string of the molecule is CNC(=O)c1ccc(-c2ccccc2)c(OCc2cc(OC)cc3oc(-c4cn5nc(OC)sc5n4)cc23)c1. The number of hydrogen-bond acceptors (Lipinski definition) is 8. The minimum absolute atomic E-state index is 0.185. The average molecular weight is 541 g/mol. The first-order chi connectivity index (χ1) is 19.1. The number of nitrogens with zero attached hydrogens (tertiary/aromatic N) is 3. The predicted octanol–water partition coefficient (Wildman–Crippen LogP) is 5.83. The normalized spacial score (nSPS) is 11.2. The van der Waals surface area contributed by atoms with E-state index in [0.29, 0.717) is 44.3 Å². The lowest BCUT2D eigenvalue weighted by Gasteiger charge is -2.14. The van der Waals surface area contributed by atoms with Crippen LogP contribution >= 0.6 is 11.3 Å². The monoisotopic (exact) mass is 540 g/mol. The minimum Gasteiger partial charge on any atom is -0.497 e. The number of rotatable bonds is 8. The highest BCUT2D eigenvalue weighted by Crippen LogP contribution is 2.36. The summed E-state index contributed by atoms with van der Waals surface area (Å²) >= 11 is 1.35. The van der Waals surface area contributed by atoms with E-state index >= 15 is 0 Å². The molecule has 0 aliphatic heterocycles. The Morgan fingerprint density at radius 3 is 2.64 bits per heavy atom. The summed E-state index contributed by atoms with van der Waals surface area (Å²) in [5, 5.41) is 8.42. The van der Waals surface area contributed by atoms with Gasteiger partial charge in [-0.2, -0.15) is 0 Å². The molecule has 0 bridgehead atoms. The second kappa shape index (κ2) is 10.1. The number of aromatic nitrogens is 3. The van der Waals surface area contributed by atoms with Gasteiger partial charge in [-0.15, -0.1) is 5.10 Å². The fraction of sp³-hybridized carbons (Fsp3) is 0.138. The molecule has 0 spiro atoms. The second-order valence-corrected chi connectivity index (χ2v) is 9.60. The first kappa shape index (κ1) is 24.5. The molecule has 39 heavy (non-hydrogen) atoms. The first-order valence-electron chi connectivity index (χ1n) is 12.1. The summed E-state index contributed by atoms with van der Waals surface area (Å²) in [5.41, 5.74) is 4.55. The van der Waals surface area contributed by atoms with Crippen LogP contribution in [0, 0.1) is 0 Å². The average Bonchev–Trinajstić information content (AvgIpc) is 3.69. The molecule has 0 fully saturated rings. The Hall–Kier alpha value is -4.83. The summed E-state index contributed by atoms with van der Waals surface area (Å²) in [7, 11) is 4.79. The summed E-state index contributed by atoms with van der Waals surface area (Å²) in [5.74, 6) is 1.65. The van der Waals surface area contributed by atoms with Crippen molar-refractivity contribution in [3.05, 3.63) is 84.1 Å². The third kappa shape index (κ3) is 4.66. The number of amides is 1. The molecule has 6 aromatic rings. The Morgan fingerprint density at radius 2 is 1.90 bits per heavy atom. The van der Waals surface area contributed by atoms with Gasteiger partial charge in [-0.3, -0.25) is 4.79 Å². The molecular weight excluding hydrogens is 516 g/mol. The van der Waals surface area contributed by atoms with Crippen molar-refractivity contribution in [3.63, 3.8) is 0 Å². The van der Waals surface area contributed by atoms with E-state index in [1.165, 1.54) is 11.3 Å². The maximum Gasteiger partial charge on any atom is 0.294 e. The van der Waals surface area contributed by atoms with Crippen molar-refractivity contribution >= 4 is 33.2 Å². The Morgan fingerprint density at radius 1 is 1.05 bits per heavy atom. The van der Waals surface area contributed by atoms with E-state index < -0.39 is 0 Å². The van der Waals surface area contributed by atoms with Gasteiger partial charge in [-0.1, -0.05) is 30.3 Å². The van der Waals surface area contributed by atoms with Gasteiger partial charge in [0, 0.05) is 35.2 Å². The Labute approximate surface area is 227 Å². The van der Waals surface area contributed by atoms with E-state index in [1.54, 1.807) is 44.1 Å². The van der Waals surface area contributed by atoms with E-state index in [4.69, 9.17) is 18.6 Å². The van der Waals surface area contributed by atoms with E-state index in [2.05, 4.69) is 15.4 Å². The second-order valence-electron chi connectivity index (χ2n) is 8.68. The van der Waals surface area contributed by atoms with E-state index in [0.717, 1.165) is 22.1 Å². The predicted molar refractivity (Wildman–Crippen MR) is 149 cm³/mol. The lowest BCUT2D eigenvalue weighted by molar-refractivity contribution is 0.0962. The van der Waals surface area contributed by atoms with Crippen LogP contribution in [0.5, 0.6) is 16.7 Å². The van der Waals surface area contributed by atoms with Crippen molar-refractivity contribution in [1.29, 1.82) is 0 Å². The fourth-order valence-corrected chi connectivity index (χ4v) is 5.07. The molecule has 3 heterocycles. The third-order valence-corrected chi connectivity index (χ3v) is 7.21. The van der Waals surface area contributed by atoms with Crippen LogP contribution in [-0.2, 0) is 6.61 Å². The van der Waals surface area contributed by atoms with Crippen LogP contribution in [-0.4, -0.2) is 41.8 Å². The van der Waals surface area contributed by atoms with Crippen molar-refractivity contribution in [3.8, 4) is 39.3 Å². The third-order valence-electron chi connectivity index (χ3n) is 6.32. The van der Waals surface area contributed by atoms with Gasteiger partial charge in [0.15, 0.2) is 5.76 Å². The summed E-state index contributed by atoms with van der Waals surface area (Å²) < 4.78 is 25.0. The van der Waals surface area contributed by atoms with Gasteiger partial charge >= 0.3 is 0 Å². The molecule has 0 aliphatic rings. The van der Waals surface area contributed by atoms with Crippen LogP contribution in [0.2, 0.25) is 0 Å². The molecule has 3 aromatic heterocycles. The topological polar surface area (TPSA) is 100 Å². The summed E-state index contributed by atoms with van der Waals surface area (Å²) in [6.07, 6.45) is 1.80. The van der Waals surface area contributed by atoms with E-state index in [-0.39, 0.29) is 12.5 Å². The van der Waals surface area contributed by atoms with Crippen molar-refractivity contribution < 1.29 is 23.4 Å². The number of ether oxygens (including phenoxy) is 3. The Kier molecular flexibility index (Phi) is 6.37. The number of methoxy groups -OCH3 is 2. The number of carbonyl (C=O) groups is 1. The molecule has 0 saturated heterocycles. The van der Waals surface area contributed by atoms with Crippen LogP contribution in [0.15, 0.2) is 77.3 Å². The highest BCUT2D eigenvalue weighted by molar-refractivity contribution is 7.18. The van der Waals surface area contributed by atoms with Crippen LogP contribution in [0.25, 0.3) is 38.5 Å². The summed E-state index contributed by atoms with van der Waals surface area (Å²) in [4.78, 5) is 17.7. The van der Waals surface area contributed by atoms with Gasteiger partial charge in [0.2, 0.25) is 4.96 Å². The van der Waals surface area contributed by atoms with Crippen molar-refractivity contribution in [2.24, 2.45) is 0 Å². The molecule has 0 radical (unpaired) electrons. The van der Waals surface area contributed by atoms with Gasteiger partial charge < -0.3 is 23.9 Å². The maximum atomic E-state index is 12.4. The zero-order chi connectivity index (χ0) is 26.9. The lowest BCUT2D eigenvalue weighted by Crippen LogP contribution is -2.17. The van der Waals surface area contributed by atoms with Gasteiger partial charge in [0.05, 0.1) is 20.4 Å². The van der Waals surface area contributed by atoms with Crippen molar-refractivity contribution in [2.45, 2.75) is 6.61 Å². The van der Waals surface area contributed by atoms with Gasteiger partial charge in [0.25, 0.3) is 11.1 Å². The van der Waals surface area contributed by atoms with Crippen molar-refractivity contribution in [1.82, 2.24) is 19.9 Å². The molecule has 1 N–H and O–H groups in total. The maximum absolute atomic E-state index is 12.4. The zero-order valence-electron chi connectivity index (χ0n) is 21.4. The number of carbonyl (C=O) groups excluding carboxylic acids is 1. The quantitative estimate of drug-likeness (QED) is 0.259. The van der Waals surface area contributed by atoms with E-state index in [9.17, 15) is 4.79 Å². The molecular formula is C29H24N4O5S. The van der Waals surface area contributed by atoms with E-state index in [1.807, 2.05) is 54.6 Å². The molecule has 10 heteroatoms. The molecule has 6 rings (SSSR count). The highest BCUT2D eigenvalue weighted by atomic mass is 32.1.